The highest BCUT2D eigenvalue weighted by Crippen LogP contribution is 2.36. The second-order valence-corrected chi connectivity index (χ2v) is 6.34. The summed E-state index contributed by atoms with van der Waals surface area (Å²) in [6.45, 7) is 0.575. The fourth-order valence-electron chi connectivity index (χ4n) is 2.52. The van der Waals surface area contributed by atoms with Crippen molar-refractivity contribution in [2.75, 3.05) is 26.0 Å². The van der Waals surface area contributed by atoms with Gasteiger partial charge in [0.25, 0.3) is 5.91 Å². The van der Waals surface area contributed by atoms with Crippen LogP contribution in [0.5, 0.6) is 0 Å². The van der Waals surface area contributed by atoms with Gasteiger partial charge in [-0.05, 0) is 0 Å². The van der Waals surface area contributed by atoms with Gasteiger partial charge < -0.3 is 35.4 Å². The summed E-state index contributed by atoms with van der Waals surface area (Å²) in [5.74, 6) is -1.10. The molecule has 5 N–H and O–H groups in total. The molecule has 9 nitrogen and oxygen atoms in total. The molecule has 0 bridgehead atoms. The van der Waals surface area contributed by atoms with Gasteiger partial charge in [0.1, 0.15) is 29.7 Å². The van der Waals surface area contributed by atoms with E-state index in [4.69, 9.17) is 4.74 Å². The Morgan fingerprint density at radius 2 is 2.00 bits per heavy atom. The third-order valence-electron chi connectivity index (χ3n) is 3.77. The molecule has 2 amide bonds. The minimum atomic E-state index is -1.89. The molecule has 126 valence electrons. The van der Waals surface area contributed by atoms with Gasteiger partial charge in [-0.2, -0.15) is 0 Å². The quantitative estimate of drug-likeness (QED) is 0.333. The zero-order valence-electron chi connectivity index (χ0n) is 12.0. The van der Waals surface area contributed by atoms with Crippen LogP contribution < -0.4 is 5.32 Å². The summed E-state index contributed by atoms with van der Waals surface area (Å²) >= 11 is 1.12. The number of ether oxygens (including phenoxy) is 1. The fraction of sp³-hybridized carbons (Fsp3) is 0.833. The monoisotopic (exact) mass is 336 g/mol. The maximum Gasteiger partial charge on any atom is 0.255 e. The van der Waals surface area contributed by atoms with E-state index in [9.17, 15) is 30.0 Å². The molecule has 0 saturated carbocycles. The molecular weight excluding hydrogens is 316 g/mol. The number of hydrogen-bond acceptors (Lipinski definition) is 8. The van der Waals surface area contributed by atoms with Crippen molar-refractivity contribution in [1.82, 2.24) is 10.2 Å². The van der Waals surface area contributed by atoms with Crippen LogP contribution in [-0.4, -0.2) is 99.0 Å². The third kappa shape index (κ3) is 3.07. The minimum Gasteiger partial charge on any atom is -0.387 e. The standard InChI is InChI=1S/C12H20N2O7S/c1-21-3-2-13-10(19)5-4-22-12-9(18)7(16)6(15)8(17)11(20)14(5)12/h5-9,12,15-18H,2-4H2,1H3,(H,13,19)/t5-,6-,7-,8-,9+,12+/m0/s1. The molecule has 2 aliphatic heterocycles. The molecule has 2 aliphatic rings. The topological polar surface area (TPSA) is 140 Å². The smallest absolute Gasteiger partial charge is 0.255 e. The van der Waals surface area contributed by atoms with Gasteiger partial charge in [0, 0.05) is 19.4 Å². The number of aliphatic hydroxyl groups excluding tert-OH is 4. The minimum absolute atomic E-state index is 0.224. The number of nitrogens with zero attached hydrogens (tertiary/aromatic N) is 1. The number of nitrogens with one attached hydrogen (secondary N) is 1. The van der Waals surface area contributed by atoms with Crippen LogP contribution in [0.3, 0.4) is 0 Å². The van der Waals surface area contributed by atoms with Crippen LogP contribution >= 0.6 is 11.8 Å². The van der Waals surface area contributed by atoms with E-state index in [0.29, 0.717) is 6.61 Å². The summed E-state index contributed by atoms with van der Waals surface area (Å²) in [7, 11) is 1.49. The number of aliphatic hydroxyl groups is 4. The first-order chi connectivity index (χ1) is 10.4. The maximum absolute atomic E-state index is 12.2. The number of methoxy groups -OCH3 is 1. The molecule has 0 unspecified atom stereocenters. The van der Waals surface area contributed by atoms with Crippen molar-refractivity contribution in [3.8, 4) is 0 Å². The lowest BCUT2D eigenvalue weighted by Crippen LogP contribution is -2.54. The highest BCUT2D eigenvalue weighted by Gasteiger charge is 2.53. The summed E-state index contributed by atoms with van der Waals surface area (Å²) in [6, 6.07) is -0.888. The number of carbonyl (C=O) groups excluding carboxylic acids is 2. The molecule has 10 heteroatoms. The molecule has 0 spiro atoms. The van der Waals surface area contributed by atoms with E-state index in [0.717, 1.165) is 16.7 Å². The SMILES string of the molecule is COCCNC(=O)[C@@H]1CS[C@@H]2[C@H](O)[C@@H](O)[C@H](O)[C@H](O)C(=O)N21. The molecule has 2 saturated heterocycles. The van der Waals surface area contributed by atoms with E-state index >= 15 is 0 Å². The van der Waals surface area contributed by atoms with Crippen LogP contribution in [0.15, 0.2) is 0 Å². The Morgan fingerprint density at radius 3 is 2.64 bits per heavy atom. The lowest BCUT2D eigenvalue weighted by atomic mass is 10.1. The van der Waals surface area contributed by atoms with Crippen LogP contribution in [0.4, 0.5) is 0 Å². The van der Waals surface area contributed by atoms with Gasteiger partial charge in [-0.25, -0.2) is 0 Å². The predicted molar refractivity (Wildman–Crippen MR) is 75.8 cm³/mol. The van der Waals surface area contributed by atoms with Crippen molar-refractivity contribution < 1.29 is 34.8 Å². The van der Waals surface area contributed by atoms with Crippen molar-refractivity contribution in [2.45, 2.75) is 35.8 Å². The fourth-order valence-corrected chi connectivity index (χ4v) is 3.98. The summed E-state index contributed by atoms with van der Waals surface area (Å²) < 4.78 is 4.82. The zero-order chi connectivity index (χ0) is 16.4. The average Bonchev–Trinajstić information content (AvgIpc) is 2.93. The Morgan fingerprint density at radius 1 is 1.32 bits per heavy atom. The van der Waals surface area contributed by atoms with Gasteiger partial charge in [0.15, 0.2) is 6.10 Å². The normalized spacial score (nSPS) is 38.6. The molecule has 22 heavy (non-hydrogen) atoms. The van der Waals surface area contributed by atoms with Crippen molar-refractivity contribution in [3.05, 3.63) is 0 Å². The first kappa shape index (κ1) is 17.4. The molecule has 0 aromatic carbocycles. The molecule has 2 rings (SSSR count). The summed E-state index contributed by atoms with van der Waals surface area (Å²) in [4.78, 5) is 25.4. The van der Waals surface area contributed by atoms with Gasteiger partial charge in [-0.15, -0.1) is 11.8 Å². The molecular formula is C12H20N2O7S. The van der Waals surface area contributed by atoms with E-state index in [2.05, 4.69) is 5.32 Å². The lowest BCUT2D eigenvalue weighted by Gasteiger charge is -2.29. The molecule has 2 heterocycles. The number of thioether (sulfide) groups is 1. The van der Waals surface area contributed by atoms with Crippen LogP contribution in [0.25, 0.3) is 0 Å². The van der Waals surface area contributed by atoms with E-state index in [-0.39, 0.29) is 12.3 Å². The van der Waals surface area contributed by atoms with E-state index in [1.807, 2.05) is 0 Å². The van der Waals surface area contributed by atoms with Gasteiger partial charge in [0.05, 0.1) is 6.61 Å². The Hall–Kier alpha value is -0.910. The summed E-state index contributed by atoms with van der Waals surface area (Å²) in [6.07, 6.45) is -6.82. The van der Waals surface area contributed by atoms with Gasteiger partial charge in [-0.1, -0.05) is 0 Å². The van der Waals surface area contributed by atoms with E-state index < -0.39 is 47.6 Å². The molecule has 6 atom stereocenters. The van der Waals surface area contributed by atoms with E-state index in [1.165, 1.54) is 7.11 Å². The number of carbonyl (C=O) groups is 2. The zero-order valence-corrected chi connectivity index (χ0v) is 12.8. The number of hydrogen-bond donors (Lipinski definition) is 5. The van der Waals surface area contributed by atoms with Crippen LogP contribution in [-0.2, 0) is 14.3 Å². The summed E-state index contributed by atoms with van der Waals surface area (Å²) in [5, 5.41) is 41.0. The van der Waals surface area contributed by atoms with Crippen molar-refractivity contribution >= 4 is 23.6 Å². The molecule has 0 aromatic heterocycles. The second-order valence-electron chi connectivity index (χ2n) is 5.19. The van der Waals surface area contributed by atoms with Gasteiger partial charge >= 0.3 is 0 Å². The van der Waals surface area contributed by atoms with Crippen molar-refractivity contribution in [2.24, 2.45) is 0 Å². The van der Waals surface area contributed by atoms with Crippen LogP contribution in [0, 0.1) is 0 Å². The Bertz CT molecular complexity index is 438. The Balaban J connectivity index is 2.17. The largest absolute Gasteiger partial charge is 0.387 e. The van der Waals surface area contributed by atoms with Crippen molar-refractivity contribution in [1.29, 1.82) is 0 Å². The maximum atomic E-state index is 12.2. The summed E-state index contributed by atoms with van der Waals surface area (Å²) in [5.41, 5.74) is 0. The molecule has 0 aliphatic carbocycles. The molecule has 2 fully saturated rings. The second kappa shape index (κ2) is 7.11. The number of fused-ring (bicyclic) bond motifs is 1. The van der Waals surface area contributed by atoms with Gasteiger partial charge in [0.2, 0.25) is 5.91 Å². The molecule has 0 radical (unpaired) electrons. The first-order valence-electron chi connectivity index (χ1n) is 6.82. The predicted octanol–water partition coefficient (Wildman–Crippen LogP) is -3.52. The van der Waals surface area contributed by atoms with Crippen molar-refractivity contribution in [3.63, 3.8) is 0 Å². The first-order valence-corrected chi connectivity index (χ1v) is 7.87. The Labute approximate surface area is 131 Å². The van der Waals surface area contributed by atoms with Gasteiger partial charge in [-0.3, -0.25) is 9.59 Å². The average molecular weight is 336 g/mol. The Kier molecular flexibility index (Phi) is 5.64. The third-order valence-corrected chi connectivity index (χ3v) is 5.12. The van der Waals surface area contributed by atoms with Crippen LogP contribution in [0.2, 0.25) is 0 Å². The van der Waals surface area contributed by atoms with Crippen LogP contribution in [0.1, 0.15) is 0 Å². The lowest BCUT2D eigenvalue weighted by molar-refractivity contribution is -0.151. The van der Waals surface area contributed by atoms with E-state index in [1.54, 1.807) is 0 Å². The highest BCUT2D eigenvalue weighted by atomic mass is 32.2. The highest BCUT2D eigenvalue weighted by molar-refractivity contribution is 8.00. The number of amides is 2. The molecule has 0 aromatic rings. The number of rotatable bonds is 4.